The summed E-state index contributed by atoms with van der Waals surface area (Å²) < 4.78 is 90.7. The number of anilines is 3. The van der Waals surface area contributed by atoms with Crippen LogP contribution in [0.1, 0.15) is 24.2 Å². The molecule has 77 heavy (non-hydrogen) atoms. The number of phosphoric acid groups is 2. The third-order valence-corrected chi connectivity index (χ3v) is 14.6. The van der Waals surface area contributed by atoms with Crippen LogP contribution in [0.2, 0.25) is 0 Å². The summed E-state index contributed by atoms with van der Waals surface area (Å²) in [6, 6.07) is 6.47. The number of carbonyl (C=O) groups excluding carboxylic acids is 1. The minimum absolute atomic E-state index is 0.0290. The number of nitrogens with one attached hydrogen (secondary N) is 2. The third-order valence-electron chi connectivity index (χ3n) is 12.3. The van der Waals surface area contributed by atoms with Gasteiger partial charge in [0, 0.05) is 30.9 Å². The van der Waals surface area contributed by atoms with Crippen molar-refractivity contribution in [2.75, 3.05) is 57.4 Å². The lowest BCUT2D eigenvalue weighted by molar-refractivity contribution is -0.779. The fourth-order valence-electron chi connectivity index (χ4n) is 8.57. The van der Waals surface area contributed by atoms with E-state index < -0.39 is 141 Å². The number of nitrogens with zero attached hydrogens (tertiary/aromatic N) is 8. The van der Waals surface area contributed by atoms with Crippen LogP contribution in [-0.2, 0) is 61.7 Å². The number of aromatic nitrogens is 8. The highest BCUT2D eigenvalue weighted by molar-refractivity contribution is 7.47. The first kappa shape index (κ1) is 57.3. The van der Waals surface area contributed by atoms with E-state index in [0.717, 1.165) is 23.0 Å². The Balaban J connectivity index is 1.01. The molecule has 3 saturated heterocycles. The first-order chi connectivity index (χ1) is 36.4. The molecule has 0 radical (unpaired) electrons. The molecule has 14 N–H and O–H groups in total. The minimum Gasteiger partial charge on any atom is -0.497 e. The largest absolute Gasteiger partial charge is 0.694 e. The van der Waals surface area contributed by atoms with Gasteiger partial charge in [0.2, 0.25) is 12.1 Å². The summed E-state index contributed by atoms with van der Waals surface area (Å²) in [4.78, 5) is 91.4. The summed E-state index contributed by atoms with van der Waals surface area (Å²) >= 11 is 0. The smallest absolute Gasteiger partial charge is 0.497 e. The molecule has 4 aromatic heterocycles. The quantitative estimate of drug-likeness (QED) is 0.0237. The number of amides is 1. The Kier molecular flexibility index (Phi) is 17.6. The van der Waals surface area contributed by atoms with Gasteiger partial charge in [-0.05, 0) is 30.2 Å². The maximum atomic E-state index is 14.0. The standard InChI is InChI=1S/C40H52N13O21P3/c1-50(2)33-27-34(45-16-44-33)53(17-46-27)36-28(54)26(49-35(57)20(41)12-18-4-6-19(66-3)7-5-18)21(70-36)14-68-76(62,63)74-32-23(72-38(30(32)56)52-11-9-25(43)48-40(52)59)15-69-77(64,65)73-31-22(13-67-75(60)61)71-37(29(31)55)51-10-8-24(42)47-39(51)58/h4-11,16-17,20-23,26,28-32,36-38,54-56H,12-15,41H2,1-3H3,(H7-,42,43,47,48,49,57,58,59,60,61,62,63,64,65)/p+2/t20-,21+,22+,23+,26+,28+,29+,30+,31+,32+,36+,37+,38+/m0/s1. The number of nitrogen functional groups attached to an aromatic ring is 2. The van der Waals surface area contributed by atoms with Gasteiger partial charge in [-0.15, -0.1) is 9.42 Å². The van der Waals surface area contributed by atoms with E-state index in [1.807, 2.05) is 0 Å². The van der Waals surface area contributed by atoms with E-state index in [1.54, 1.807) is 43.3 Å². The predicted molar refractivity (Wildman–Crippen MR) is 258 cm³/mol. The van der Waals surface area contributed by atoms with Crippen LogP contribution in [0, 0.1) is 0 Å². The molecule has 16 atom stereocenters. The second kappa shape index (κ2) is 23.6. The molecular weight excluding hydrogens is 1090 g/mol. The van der Waals surface area contributed by atoms with Gasteiger partial charge in [-0.2, -0.15) is 19.3 Å². The molecule has 34 nitrogen and oxygen atoms in total. The number of aliphatic hydroxyl groups excluding tert-OH is 3. The maximum Gasteiger partial charge on any atom is 0.694 e. The molecule has 3 aliphatic heterocycles. The molecule has 7 heterocycles. The number of H-pyrrole nitrogens is 1. The molecule has 3 fully saturated rings. The molecule has 5 aromatic rings. The van der Waals surface area contributed by atoms with Gasteiger partial charge in [0.05, 0.1) is 38.7 Å². The Morgan fingerprint density at radius 1 is 0.896 bits per heavy atom. The summed E-state index contributed by atoms with van der Waals surface area (Å²) in [7, 11) is -9.43. The number of aliphatic hydroxyl groups is 3. The van der Waals surface area contributed by atoms with Crippen molar-refractivity contribution in [1.82, 2.24) is 39.4 Å². The molecule has 37 heteroatoms. The fourth-order valence-corrected chi connectivity index (χ4v) is 10.8. The first-order valence-corrected chi connectivity index (χ1v) is 27.0. The molecule has 1 amide bonds. The van der Waals surface area contributed by atoms with Crippen LogP contribution in [0.4, 0.5) is 17.5 Å². The van der Waals surface area contributed by atoms with E-state index in [9.17, 15) is 58.1 Å². The number of methoxy groups -OCH3 is 1. The maximum absolute atomic E-state index is 14.0. The van der Waals surface area contributed by atoms with Crippen LogP contribution in [0.15, 0.2) is 71.0 Å². The summed E-state index contributed by atoms with van der Waals surface area (Å²) in [5, 5.41) is 37.3. The van der Waals surface area contributed by atoms with Gasteiger partial charge in [0.15, 0.2) is 35.3 Å². The van der Waals surface area contributed by atoms with E-state index in [-0.39, 0.29) is 23.7 Å². The number of nitrogens with two attached hydrogens (primary N) is 3. The topological polar surface area (TPSA) is 481 Å². The monoisotopic (exact) mass is 1150 g/mol. The van der Waals surface area contributed by atoms with E-state index in [1.165, 1.54) is 30.4 Å². The molecule has 0 aliphatic carbocycles. The summed E-state index contributed by atoms with van der Waals surface area (Å²) in [5.74, 6) is -0.121. The summed E-state index contributed by atoms with van der Waals surface area (Å²) in [6.45, 7) is -2.95. The summed E-state index contributed by atoms with van der Waals surface area (Å²) in [5.41, 5.74) is 16.7. The van der Waals surface area contributed by atoms with Crippen molar-refractivity contribution < 1.29 is 94.6 Å². The molecular formula is C40H54N13O21P3+2. The van der Waals surface area contributed by atoms with Crippen molar-refractivity contribution in [2.45, 2.75) is 86.0 Å². The summed E-state index contributed by atoms with van der Waals surface area (Å²) in [6.07, 6.45) is -14.9. The molecule has 0 spiro atoms. The highest BCUT2D eigenvalue weighted by Gasteiger charge is 2.55. The van der Waals surface area contributed by atoms with Crippen molar-refractivity contribution in [3.63, 3.8) is 0 Å². The molecule has 0 saturated carbocycles. The number of rotatable bonds is 22. The van der Waals surface area contributed by atoms with Crippen LogP contribution < -0.4 is 48.1 Å². The highest BCUT2D eigenvalue weighted by Crippen LogP contribution is 2.52. The molecule has 8 rings (SSSR count). The van der Waals surface area contributed by atoms with Crippen molar-refractivity contribution in [3.8, 4) is 5.75 Å². The van der Waals surface area contributed by atoms with Crippen LogP contribution in [0.25, 0.3) is 11.2 Å². The normalized spacial score (nSPS) is 28.5. The van der Waals surface area contributed by atoms with Gasteiger partial charge in [-0.1, -0.05) is 12.1 Å². The van der Waals surface area contributed by atoms with Crippen molar-refractivity contribution >= 4 is 58.4 Å². The lowest BCUT2D eigenvalue weighted by Crippen LogP contribution is -2.58. The SMILES string of the molecule is COc1ccc(C[C@H](N)C(=O)N[C@H]2[C@@H](O)[C@H](n3cnc4c(N(C)C)ncnc43)O[C@@H]2COP(=O)(O)O[C@H]2[C@@H](O)[C@H](n3ccc(N)nc3=O)O[C@@H]2COP(=O)(O)O[C@H]2[C@@H](O)[C@H]([n+]3ccc(N)[nH]c3=O)O[C@@H]2CO[P+](=O)O)cc1. The van der Waals surface area contributed by atoms with E-state index in [2.05, 4.69) is 30.2 Å². The Labute approximate surface area is 434 Å². The number of benzene rings is 1. The van der Waals surface area contributed by atoms with E-state index >= 15 is 0 Å². The number of hydrogen-bond acceptors (Lipinski definition) is 26. The molecule has 3 aliphatic rings. The Bertz CT molecular complexity index is 3160. The zero-order valence-corrected chi connectivity index (χ0v) is 43.2. The lowest BCUT2D eigenvalue weighted by Gasteiger charge is -2.26. The average Bonchev–Trinajstić information content (AvgIpc) is 4.18. The van der Waals surface area contributed by atoms with Crippen molar-refractivity contribution in [3.05, 3.63) is 88.0 Å². The van der Waals surface area contributed by atoms with Gasteiger partial charge in [-0.25, -0.2) is 28.9 Å². The predicted octanol–water partition coefficient (Wildman–Crippen LogP) is -3.50. The number of phosphoric ester groups is 2. The third kappa shape index (κ3) is 13.0. The average molecular weight is 1150 g/mol. The number of imidazole rings is 1. The molecule has 1 aromatic carbocycles. The highest BCUT2D eigenvalue weighted by atomic mass is 31.2. The van der Waals surface area contributed by atoms with Gasteiger partial charge in [0.25, 0.3) is 0 Å². The van der Waals surface area contributed by atoms with Crippen LogP contribution in [0.3, 0.4) is 0 Å². The Morgan fingerprint density at radius 3 is 2.17 bits per heavy atom. The fraction of sp³-hybridized carbons (Fsp3) is 0.500. The molecule has 418 valence electrons. The van der Waals surface area contributed by atoms with E-state index in [0.29, 0.717) is 27.2 Å². The van der Waals surface area contributed by atoms with Crippen LogP contribution >= 0.6 is 23.9 Å². The number of aromatic amines is 1. The molecule has 0 bridgehead atoms. The number of fused-ring (bicyclic) bond motifs is 1. The second-order valence-electron chi connectivity index (χ2n) is 17.6. The zero-order valence-electron chi connectivity index (χ0n) is 40.6. The zero-order chi connectivity index (χ0) is 55.7. The van der Waals surface area contributed by atoms with Gasteiger partial charge >= 0.3 is 35.3 Å². The van der Waals surface area contributed by atoms with Gasteiger partial charge < -0.3 is 71.5 Å². The van der Waals surface area contributed by atoms with Crippen LogP contribution in [0.5, 0.6) is 5.75 Å². The Morgan fingerprint density at radius 2 is 1.53 bits per heavy atom. The second-order valence-corrected chi connectivity index (χ2v) is 21.2. The van der Waals surface area contributed by atoms with E-state index in [4.69, 9.17) is 58.8 Å². The molecule has 3 unspecified atom stereocenters. The van der Waals surface area contributed by atoms with Crippen molar-refractivity contribution in [2.24, 2.45) is 5.73 Å². The van der Waals surface area contributed by atoms with Gasteiger partial charge in [0.1, 0.15) is 79.5 Å². The Hall–Kier alpha value is -5.84. The number of ether oxygens (including phenoxy) is 4. The lowest BCUT2D eigenvalue weighted by atomic mass is 10.0. The number of hydrogen-bond donors (Lipinski definition) is 11. The first-order valence-electron chi connectivity index (χ1n) is 22.8. The van der Waals surface area contributed by atoms with Crippen molar-refractivity contribution in [1.29, 1.82) is 0 Å². The van der Waals surface area contributed by atoms with Gasteiger partial charge in [-0.3, -0.25) is 32.0 Å². The minimum atomic E-state index is -5.54. The van der Waals surface area contributed by atoms with Crippen LogP contribution in [-0.4, -0.2) is 172 Å². The number of carbonyl (C=O) groups is 1.